The number of likely N-dealkylation sites (N-methyl/N-ethyl adjacent to an activating group) is 1. The average molecular weight is 371 g/mol. The molecule has 0 atom stereocenters. The number of rotatable bonds is 6. The average Bonchev–Trinajstić information content (AvgIpc) is 3.07. The van der Waals surface area contributed by atoms with Gasteiger partial charge >= 0.3 is 0 Å². The van der Waals surface area contributed by atoms with Gasteiger partial charge in [0.05, 0.1) is 17.9 Å². The minimum atomic E-state index is -0.0793. The number of thioether (sulfide) groups is 1. The molecular formula is C18H17N3O2S2. The molecule has 3 rings (SSSR count). The number of amides is 2. The van der Waals surface area contributed by atoms with Crippen molar-refractivity contribution in [2.24, 2.45) is 0 Å². The maximum absolute atomic E-state index is 12.2. The Morgan fingerprint density at radius 2 is 1.92 bits per heavy atom. The zero-order valence-corrected chi connectivity index (χ0v) is 15.2. The van der Waals surface area contributed by atoms with Gasteiger partial charge in [0.25, 0.3) is 0 Å². The van der Waals surface area contributed by atoms with Gasteiger partial charge in [0, 0.05) is 23.5 Å². The summed E-state index contributed by atoms with van der Waals surface area (Å²) in [4.78, 5) is 28.0. The lowest BCUT2D eigenvalue weighted by molar-refractivity contribution is -0.120. The van der Waals surface area contributed by atoms with Gasteiger partial charge < -0.3 is 10.6 Å². The summed E-state index contributed by atoms with van der Waals surface area (Å²) in [5.74, 6) is 0.121. The van der Waals surface area contributed by atoms with Crippen LogP contribution in [0.15, 0.2) is 52.2 Å². The van der Waals surface area contributed by atoms with E-state index in [9.17, 15) is 9.59 Å². The minimum Gasteiger partial charge on any atom is -0.359 e. The molecule has 0 aliphatic rings. The number of anilines is 1. The molecule has 5 nitrogen and oxygen atoms in total. The zero-order valence-electron chi connectivity index (χ0n) is 13.6. The van der Waals surface area contributed by atoms with E-state index in [0.29, 0.717) is 0 Å². The van der Waals surface area contributed by atoms with Crippen molar-refractivity contribution in [3.63, 3.8) is 0 Å². The van der Waals surface area contributed by atoms with Crippen molar-refractivity contribution in [3.8, 4) is 0 Å². The van der Waals surface area contributed by atoms with Gasteiger partial charge in [-0.1, -0.05) is 48.2 Å². The molecule has 0 aliphatic heterocycles. The van der Waals surface area contributed by atoms with Crippen molar-refractivity contribution >= 4 is 51.4 Å². The maximum atomic E-state index is 12.2. The van der Waals surface area contributed by atoms with Crippen LogP contribution in [0, 0.1) is 0 Å². The van der Waals surface area contributed by atoms with Gasteiger partial charge in [0.2, 0.25) is 11.8 Å². The van der Waals surface area contributed by atoms with Crippen LogP contribution in [0.5, 0.6) is 0 Å². The van der Waals surface area contributed by atoms with Crippen LogP contribution in [-0.2, 0) is 16.0 Å². The van der Waals surface area contributed by atoms with Gasteiger partial charge in [-0.15, -0.1) is 11.3 Å². The van der Waals surface area contributed by atoms with Crippen LogP contribution in [0.3, 0.4) is 0 Å². The van der Waals surface area contributed by atoms with E-state index < -0.39 is 0 Å². The molecule has 0 aliphatic carbocycles. The highest BCUT2D eigenvalue weighted by molar-refractivity contribution is 8.01. The molecule has 1 aromatic heterocycles. The van der Waals surface area contributed by atoms with Crippen molar-refractivity contribution in [1.82, 2.24) is 10.3 Å². The predicted octanol–water partition coefficient (Wildman–Crippen LogP) is 3.32. The number of aromatic nitrogens is 1. The van der Waals surface area contributed by atoms with Crippen LogP contribution in [0.1, 0.15) is 5.69 Å². The summed E-state index contributed by atoms with van der Waals surface area (Å²) in [6.45, 7) is 0. The van der Waals surface area contributed by atoms with Crippen molar-refractivity contribution < 1.29 is 9.59 Å². The number of hydrogen-bond donors (Lipinski definition) is 2. The first-order chi connectivity index (χ1) is 12.2. The van der Waals surface area contributed by atoms with E-state index >= 15 is 0 Å². The molecule has 2 N–H and O–H groups in total. The second-order valence-electron chi connectivity index (χ2n) is 5.32. The number of carbonyl (C=O) groups excluding carboxylic acids is 2. The first-order valence-electron chi connectivity index (χ1n) is 7.71. The van der Waals surface area contributed by atoms with E-state index in [1.807, 2.05) is 47.8 Å². The van der Waals surface area contributed by atoms with Gasteiger partial charge in [0.15, 0.2) is 4.34 Å². The van der Waals surface area contributed by atoms with E-state index in [0.717, 1.165) is 26.5 Å². The number of benzene rings is 2. The summed E-state index contributed by atoms with van der Waals surface area (Å²) in [5.41, 5.74) is 1.53. The highest BCUT2D eigenvalue weighted by atomic mass is 32.2. The molecule has 1 heterocycles. The Bertz CT molecular complexity index is 903. The largest absolute Gasteiger partial charge is 0.359 e. The highest BCUT2D eigenvalue weighted by Crippen LogP contribution is 2.25. The fourth-order valence-electron chi connectivity index (χ4n) is 2.34. The fourth-order valence-corrected chi connectivity index (χ4v) is 3.98. The van der Waals surface area contributed by atoms with E-state index in [1.54, 1.807) is 7.05 Å². The topological polar surface area (TPSA) is 71.1 Å². The fraction of sp³-hybridized carbons (Fsp3) is 0.167. The van der Waals surface area contributed by atoms with Crippen LogP contribution in [-0.4, -0.2) is 29.6 Å². The number of nitrogens with zero attached hydrogens (tertiary/aromatic N) is 1. The first-order valence-corrected chi connectivity index (χ1v) is 9.57. The summed E-state index contributed by atoms with van der Waals surface area (Å²) < 4.78 is 0.784. The van der Waals surface area contributed by atoms with E-state index in [2.05, 4.69) is 15.6 Å². The predicted molar refractivity (Wildman–Crippen MR) is 103 cm³/mol. The van der Waals surface area contributed by atoms with E-state index in [4.69, 9.17) is 0 Å². The quantitative estimate of drug-likeness (QED) is 0.652. The molecule has 2 amide bonds. The molecule has 0 saturated heterocycles. The molecule has 7 heteroatoms. The number of fused-ring (bicyclic) bond motifs is 1. The molecule has 0 fully saturated rings. The number of hydrogen-bond acceptors (Lipinski definition) is 5. The lowest BCUT2D eigenvalue weighted by atomic mass is 10.1. The molecule has 2 aromatic carbocycles. The zero-order chi connectivity index (χ0) is 17.6. The SMILES string of the molecule is CNC(=O)Cc1csc(SCC(=O)Nc2cccc3ccccc23)n1. The van der Waals surface area contributed by atoms with Crippen LogP contribution >= 0.6 is 23.1 Å². The third-order valence-corrected chi connectivity index (χ3v) is 5.61. The lowest BCUT2D eigenvalue weighted by Gasteiger charge is -2.08. The van der Waals surface area contributed by atoms with Crippen LogP contribution in [0.25, 0.3) is 10.8 Å². The summed E-state index contributed by atoms with van der Waals surface area (Å²) in [6, 6.07) is 13.8. The van der Waals surface area contributed by atoms with Gasteiger partial charge in [-0.05, 0) is 11.5 Å². The lowest BCUT2D eigenvalue weighted by Crippen LogP contribution is -2.20. The maximum Gasteiger partial charge on any atom is 0.234 e. The number of nitrogens with one attached hydrogen (secondary N) is 2. The smallest absolute Gasteiger partial charge is 0.234 e. The van der Waals surface area contributed by atoms with Crippen molar-refractivity contribution in [3.05, 3.63) is 53.5 Å². The molecule has 0 bridgehead atoms. The first kappa shape index (κ1) is 17.4. The Balaban J connectivity index is 1.59. The third kappa shape index (κ3) is 4.58. The Hall–Kier alpha value is -2.38. The summed E-state index contributed by atoms with van der Waals surface area (Å²) in [6.07, 6.45) is 0.260. The van der Waals surface area contributed by atoms with Gasteiger partial charge in [-0.3, -0.25) is 9.59 Å². The minimum absolute atomic E-state index is 0.0736. The van der Waals surface area contributed by atoms with Gasteiger partial charge in [-0.25, -0.2) is 4.98 Å². The highest BCUT2D eigenvalue weighted by Gasteiger charge is 2.10. The monoisotopic (exact) mass is 371 g/mol. The van der Waals surface area contributed by atoms with Crippen molar-refractivity contribution in [2.45, 2.75) is 10.8 Å². The molecule has 128 valence electrons. The Morgan fingerprint density at radius 1 is 1.12 bits per heavy atom. The second kappa shape index (κ2) is 8.13. The van der Waals surface area contributed by atoms with Gasteiger partial charge in [-0.2, -0.15) is 0 Å². The molecule has 25 heavy (non-hydrogen) atoms. The molecular weight excluding hydrogens is 354 g/mol. The summed E-state index contributed by atoms with van der Waals surface area (Å²) >= 11 is 2.82. The van der Waals surface area contributed by atoms with Crippen molar-refractivity contribution in [1.29, 1.82) is 0 Å². The second-order valence-corrected chi connectivity index (χ2v) is 7.40. The van der Waals surface area contributed by atoms with Gasteiger partial charge in [0.1, 0.15) is 0 Å². The standard InChI is InChI=1S/C18H17N3O2S2/c1-19-16(22)9-13-10-24-18(20-13)25-11-17(23)21-15-8-4-6-12-5-2-3-7-14(12)15/h2-8,10H,9,11H2,1H3,(H,19,22)(H,21,23). The number of carbonyl (C=O) groups is 2. The Kier molecular flexibility index (Phi) is 5.67. The summed E-state index contributed by atoms with van der Waals surface area (Å²) in [5, 5.41) is 9.48. The summed E-state index contributed by atoms with van der Waals surface area (Å²) in [7, 11) is 1.60. The normalized spacial score (nSPS) is 10.6. The van der Waals surface area contributed by atoms with Crippen LogP contribution in [0.2, 0.25) is 0 Å². The molecule has 0 saturated carbocycles. The van der Waals surface area contributed by atoms with Crippen LogP contribution < -0.4 is 10.6 Å². The van der Waals surface area contributed by atoms with E-state index in [1.165, 1.54) is 23.1 Å². The molecule has 0 radical (unpaired) electrons. The number of thiazole rings is 1. The third-order valence-electron chi connectivity index (χ3n) is 3.54. The molecule has 0 unspecified atom stereocenters. The van der Waals surface area contributed by atoms with E-state index in [-0.39, 0.29) is 24.0 Å². The molecule has 0 spiro atoms. The molecule has 3 aromatic rings. The Labute approximate surface area is 153 Å². The Morgan fingerprint density at radius 3 is 2.76 bits per heavy atom. The van der Waals surface area contributed by atoms with Crippen molar-refractivity contribution in [2.75, 3.05) is 18.1 Å². The van der Waals surface area contributed by atoms with Crippen LogP contribution in [0.4, 0.5) is 5.69 Å².